The van der Waals surface area contributed by atoms with Gasteiger partial charge in [-0.1, -0.05) is 36.4 Å². The van der Waals surface area contributed by atoms with Crippen molar-refractivity contribution in [2.24, 2.45) is 0 Å². The molecule has 0 saturated carbocycles. The van der Waals surface area contributed by atoms with Gasteiger partial charge in [0.1, 0.15) is 12.1 Å². The molecule has 0 aliphatic carbocycles. The van der Waals surface area contributed by atoms with E-state index in [0.29, 0.717) is 0 Å². The summed E-state index contributed by atoms with van der Waals surface area (Å²) < 4.78 is 80.8. The lowest BCUT2D eigenvalue weighted by molar-refractivity contribution is -0.706. The molecule has 0 aliphatic rings. The highest BCUT2D eigenvalue weighted by Gasteiger charge is 2.31. The minimum absolute atomic E-state index is 0.144. The normalized spacial score (nSPS) is 12.5. The van der Waals surface area contributed by atoms with Crippen molar-refractivity contribution >= 4 is 11.7 Å². The Morgan fingerprint density at radius 1 is 0.857 bits per heavy atom. The van der Waals surface area contributed by atoms with Gasteiger partial charge in [-0.2, -0.15) is 30.7 Å². The molecule has 0 saturated heterocycles. The third kappa shape index (κ3) is 4.91. The number of halogens is 6. The molecule has 0 aliphatic heterocycles. The van der Waals surface area contributed by atoms with Gasteiger partial charge in [-0.25, -0.2) is 9.36 Å². The van der Waals surface area contributed by atoms with Gasteiger partial charge in [0.25, 0.3) is 5.65 Å². The quantitative estimate of drug-likeness (QED) is 0.296. The second-order valence-corrected chi connectivity index (χ2v) is 7.63. The summed E-state index contributed by atoms with van der Waals surface area (Å²) in [7, 11) is 0. The number of benzene rings is 2. The number of hydrogen-bond acceptors (Lipinski definition) is 2. The van der Waals surface area contributed by atoms with Crippen LogP contribution < -0.4 is 15.2 Å². The van der Waals surface area contributed by atoms with Gasteiger partial charge in [-0.15, -0.1) is 0 Å². The first-order valence-electron chi connectivity index (χ1n) is 10.2. The van der Waals surface area contributed by atoms with Crippen LogP contribution in [0.2, 0.25) is 0 Å². The van der Waals surface area contributed by atoms with E-state index in [1.807, 2.05) is 0 Å². The molecule has 0 unspecified atom stereocenters. The first-order valence-corrected chi connectivity index (χ1v) is 10.2. The third-order valence-corrected chi connectivity index (χ3v) is 5.30. The van der Waals surface area contributed by atoms with Crippen molar-refractivity contribution in [2.45, 2.75) is 18.9 Å². The summed E-state index contributed by atoms with van der Waals surface area (Å²) in [6, 6.07) is 13.1. The van der Waals surface area contributed by atoms with Gasteiger partial charge in [0.05, 0.1) is 23.2 Å². The maximum absolute atomic E-state index is 13.3. The number of nitrogens with zero attached hydrogens (tertiary/aromatic N) is 2. The minimum atomic E-state index is -4.67. The molecule has 4 nitrogen and oxygen atoms in total. The third-order valence-electron chi connectivity index (χ3n) is 5.30. The van der Waals surface area contributed by atoms with Crippen LogP contribution >= 0.6 is 0 Å². The number of aromatic nitrogens is 2. The SMILES string of the molecule is O=c1c(-c2cccc(C(F)(F)F)c2)c([O-])[n+](C/C=C/c2cccc(C(F)(F)F)c2)c2ccccn12. The van der Waals surface area contributed by atoms with Crippen molar-refractivity contribution < 1.29 is 36.0 Å². The molecule has 4 aromatic rings. The van der Waals surface area contributed by atoms with Gasteiger partial charge in [0.2, 0.25) is 0 Å². The maximum Gasteiger partial charge on any atom is 0.416 e. The Morgan fingerprint density at radius 2 is 1.51 bits per heavy atom. The van der Waals surface area contributed by atoms with Crippen LogP contribution in [0.4, 0.5) is 26.3 Å². The van der Waals surface area contributed by atoms with E-state index in [9.17, 15) is 36.2 Å². The summed E-state index contributed by atoms with van der Waals surface area (Å²) >= 11 is 0. The number of rotatable bonds is 4. The molecule has 2 aromatic heterocycles. The Bertz CT molecular complexity index is 1490. The lowest BCUT2D eigenvalue weighted by Gasteiger charge is -2.17. The van der Waals surface area contributed by atoms with E-state index in [1.54, 1.807) is 6.07 Å². The van der Waals surface area contributed by atoms with E-state index < -0.39 is 40.5 Å². The van der Waals surface area contributed by atoms with Gasteiger partial charge >= 0.3 is 17.9 Å². The first-order chi connectivity index (χ1) is 16.5. The Hall–Kier alpha value is -4.08. The molecule has 4 rings (SSSR count). The van der Waals surface area contributed by atoms with Gasteiger partial charge in [0, 0.05) is 6.07 Å². The molecule has 2 aromatic carbocycles. The second kappa shape index (κ2) is 8.94. The summed E-state index contributed by atoms with van der Waals surface area (Å²) in [5.41, 5.74) is -2.86. The van der Waals surface area contributed by atoms with Crippen LogP contribution in [0.5, 0.6) is 5.88 Å². The smallest absolute Gasteiger partial charge is 0.416 e. The van der Waals surface area contributed by atoms with Gasteiger partial charge in [-0.05, 0) is 47.5 Å². The Kier molecular flexibility index (Phi) is 6.14. The van der Waals surface area contributed by atoms with Crippen LogP contribution in [0.3, 0.4) is 0 Å². The molecule has 0 bridgehead atoms. The zero-order valence-electron chi connectivity index (χ0n) is 17.8. The van der Waals surface area contributed by atoms with E-state index in [-0.39, 0.29) is 23.3 Å². The zero-order valence-corrected chi connectivity index (χ0v) is 17.8. The first kappa shape index (κ1) is 24.1. The molecule has 10 heteroatoms. The number of fused-ring (bicyclic) bond motifs is 1. The van der Waals surface area contributed by atoms with Crippen LogP contribution in [0, 0.1) is 0 Å². The number of pyridine rings is 1. The van der Waals surface area contributed by atoms with Crippen LogP contribution in [0.25, 0.3) is 22.9 Å². The van der Waals surface area contributed by atoms with E-state index >= 15 is 0 Å². The molecular formula is C25H16F6N2O2. The summed E-state index contributed by atoms with van der Waals surface area (Å²) in [4.78, 5) is 13.0. The molecule has 0 atom stereocenters. The standard InChI is InChI=1S/C25H16F6N2O2/c26-24(27,28)18-9-3-6-16(14-18)7-5-13-33-20-11-1-2-12-32(20)22(34)21(23(33)35)17-8-4-10-19(15-17)25(29,30)31/h1-12,14-15H,13H2/b7-5+. The minimum Gasteiger partial charge on any atom is -0.842 e. The lowest BCUT2D eigenvalue weighted by Crippen LogP contribution is -2.43. The van der Waals surface area contributed by atoms with Gasteiger partial charge in [-0.3, -0.25) is 0 Å². The van der Waals surface area contributed by atoms with Crippen LogP contribution in [0.15, 0.2) is 83.8 Å². The van der Waals surface area contributed by atoms with Crippen molar-refractivity contribution in [3.05, 3.63) is 106 Å². The van der Waals surface area contributed by atoms with Crippen molar-refractivity contribution in [3.63, 3.8) is 0 Å². The van der Waals surface area contributed by atoms with Crippen LogP contribution in [0.1, 0.15) is 16.7 Å². The highest BCUT2D eigenvalue weighted by Crippen LogP contribution is 2.33. The van der Waals surface area contributed by atoms with E-state index in [0.717, 1.165) is 34.7 Å². The van der Waals surface area contributed by atoms with E-state index in [4.69, 9.17) is 0 Å². The fourth-order valence-corrected chi connectivity index (χ4v) is 3.66. The Labute approximate surface area is 194 Å². The summed E-state index contributed by atoms with van der Waals surface area (Å²) in [6.07, 6.45) is -4.99. The topological polar surface area (TPSA) is 48.4 Å². The molecule has 0 fully saturated rings. The lowest BCUT2D eigenvalue weighted by atomic mass is 10.0. The van der Waals surface area contributed by atoms with Crippen molar-refractivity contribution in [1.82, 2.24) is 4.40 Å². The van der Waals surface area contributed by atoms with Crippen molar-refractivity contribution in [3.8, 4) is 17.0 Å². The molecule has 35 heavy (non-hydrogen) atoms. The number of allylic oxidation sites excluding steroid dienone is 1. The molecule has 0 radical (unpaired) electrons. The summed E-state index contributed by atoms with van der Waals surface area (Å²) in [6.45, 7) is -0.144. The van der Waals surface area contributed by atoms with Gasteiger partial charge in [0.15, 0.2) is 0 Å². The van der Waals surface area contributed by atoms with Crippen molar-refractivity contribution in [1.29, 1.82) is 0 Å². The molecular weight excluding hydrogens is 474 g/mol. The summed E-state index contributed by atoms with van der Waals surface area (Å²) in [5.74, 6) is -0.825. The molecule has 0 N–H and O–H groups in total. The van der Waals surface area contributed by atoms with E-state index in [1.165, 1.54) is 53.2 Å². The number of alkyl halides is 6. The van der Waals surface area contributed by atoms with Crippen LogP contribution in [-0.2, 0) is 18.9 Å². The Balaban J connectivity index is 1.81. The molecule has 2 heterocycles. The fraction of sp³-hybridized carbons (Fsp3) is 0.120. The maximum atomic E-state index is 13.3. The monoisotopic (exact) mass is 490 g/mol. The zero-order chi connectivity index (χ0) is 25.4. The molecule has 0 amide bonds. The largest absolute Gasteiger partial charge is 0.842 e. The predicted octanol–water partition coefficient (Wildman–Crippen LogP) is 5.08. The van der Waals surface area contributed by atoms with E-state index in [2.05, 4.69) is 0 Å². The Morgan fingerprint density at radius 3 is 2.20 bits per heavy atom. The molecule has 180 valence electrons. The van der Waals surface area contributed by atoms with Crippen molar-refractivity contribution in [2.75, 3.05) is 0 Å². The average Bonchev–Trinajstić information content (AvgIpc) is 2.81. The predicted molar refractivity (Wildman–Crippen MR) is 114 cm³/mol. The van der Waals surface area contributed by atoms with Crippen LogP contribution in [-0.4, -0.2) is 4.40 Å². The second-order valence-electron chi connectivity index (χ2n) is 7.63. The highest BCUT2D eigenvalue weighted by molar-refractivity contribution is 5.67. The molecule has 0 spiro atoms. The summed E-state index contributed by atoms with van der Waals surface area (Å²) in [5, 5.41) is 13.3. The highest BCUT2D eigenvalue weighted by atomic mass is 19.4. The average molecular weight is 490 g/mol. The fourth-order valence-electron chi connectivity index (χ4n) is 3.66. The van der Waals surface area contributed by atoms with Gasteiger partial charge < -0.3 is 5.11 Å². The number of hydrogen-bond donors (Lipinski definition) is 0.